The number of amides is 1. The maximum absolute atomic E-state index is 14.0. The van der Waals surface area contributed by atoms with E-state index in [1.165, 1.54) is 0 Å². The Morgan fingerprint density at radius 1 is 1.40 bits per heavy atom. The van der Waals surface area contributed by atoms with Gasteiger partial charge in [0.2, 0.25) is 0 Å². The fourth-order valence-electron chi connectivity index (χ4n) is 1.98. The Bertz CT molecular complexity index is 513. The fraction of sp³-hybridized carbons (Fsp3) is 0.462. The molecule has 1 aromatic carbocycles. The van der Waals surface area contributed by atoms with Crippen molar-refractivity contribution in [3.63, 3.8) is 0 Å². The van der Waals surface area contributed by atoms with Gasteiger partial charge in [-0.25, -0.2) is 8.78 Å². The van der Waals surface area contributed by atoms with Crippen molar-refractivity contribution < 1.29 is 22.9 Å². The van der Waals surface area contributed by atoms with Crippen LogP contribution in [-0.2, 0) is 9.31 Å². The molecule has 0 bridgehead atoms. The van der Waals surface area contributed by atoms with Gasteiger partial charge in [-0.2, -0.15) is 0 Å². The first-order chi connectivity index (χ1) is 9.34. The standard InChI is InChI=1S/C13H16BF2NO3/c1-4-17-12(18)8-5-9(15)11(10(16)6-8)14-19-7-13(2,3)20-14/h5-6H,4,7H2,1-3H3,(H,17,18). The molecule has 0 atom stereocenters. The van der Waals surface area contributed by atoms with Crippen LogP contribution < -0.4 is 10.8 Å². The Labute approximate surface area is 116 Å². The minimum Gasteiger partial charge on any atom is -0.404 e. The zero-order valence-corrected chi connectivity index (χ0v) is 11.6. The molecule has 20 heavy (non-hydrogen) atoms. The van der Waals surface area contributed by atoms with E-state index in [-0.39, 0.29) is 17.6 Å². The van der Waals surface area contributed by atoms with Crippen molar-refractivity contribution >= 4 is 18.5 Å². The molecule has 1 amide bonds. The summed E-state index contributed by atoms with van der Waals surface area (Å²) >= 11 is 0. The number of nitrogens with one attached hydrogen (secondary N) is 1. The van der Waals surface area contributed by atoms with Crippen LogP contribution in [-0.4, -0.2) is 31.8 Å². The van der Waals surface area contributed by atoms with Crippen molar-refractivity contribution in [2.75, 3.05) is 13.2 Å². The van der Waals surface area contributed by atoms with E-state index >= 15 is 0 Å². The molecule has 1 aromatic rings. The van der Waals surface area contributed by atoms with E-state index in [9.17, 15) is 13.6 Å². The van der Waals surface area contributed by atoms with Gasteiger partial charge in [0.15, 0.2) is 0 Å². The topological polar surface area (TPSA) is 47.6 Å². The second-order valence-electron chi connectivity index (χ2n) is 5.23. The van der Waals surface area contributed by atoms with Crippen molar-refractivity contribution in [3.8, 4) is 0 Å². The predicted molar refractivity (Wildman–Crippen MR) is 70.9 cm³/mol. The highest BCUT2D eigenvalue weighted by Crippen LogP contribution is 2.21. The summed E-state index contributed by atoms with van der Waals surface area (Å²) in [5, 5.41) is 2.48. The van der Waals surface area contributed by atoms with Crippen LogP contribution >= 0.6 is 0 Å². The number of hydrogen-bond acceptors (Lipinski definition) is 3. The average Bonchev–Trinajstić information content (AvgIpc) is 2.69. The summed E-state index contributed by atoms with van der Waals surface area (Å²) in [7, 11) is -1.09. The van der Waals surface area contributed by atoms with Gasteiger partial charge in [-0.3, -0.25) is 4.79 Å². The Balaban J connectivity index is 2.30. The van der Waals surface area contributed by atoms with Crippen molar-refractivity contribution in [3.05, 3.63) is 29.3 Å². The Morgan fingerprint density at radius 3 is 2.45 bits per heavy atom. The summed E-state index contributed by atoms with van der Waals surface area (Å²) < 4.78 is 38.8. The Morgan fingerprint density at radius 2 is 2.00 bits per heavy atom. The van der Waals surface area contributed by atoms with Crippen LogP contribution in [0, 0.1) is 11.6 Å². The van der Waals surface area contributed by atoms with Gasteiger partial charge < -0.3 is 14.6 Å². The van der Waals surface area contributed by atoms with Crippen molar-refractivity contribution in [1.29, 1.82) is 0 Å². The van der Waals surface area contributed by atoms with Gasteiger partial charge in [0.1, 0.15) is 11.6 Å². The van der Waals surface area contributed by atoms with E-state index < -0.39 is 30.3 Å². The van der Waals surface area contributed by atoms with Gasteiger partial charge in [-0.05, 0) is 32.9 Å². The zero-order valence-electron chi connectivity index (χ0n) is 11.6. The smallest absolute Gasteiger partial charge is 0.404 e. The number of benzene rings is 1. The molecule has 0 radical (unpaired) electrons. The molecule has 1 fully saturated rings. The lowest BCUT2D eigenvalue weighted by Crippen LogP contribution is -2.39. The van der Waals surface area contributed by atoms with Crippen LogP contribution in [0.25, 0.3) is 0 Å². The van der Waals surface area contributed by atoms with Gasteiger partial charge in [-0.1, -0.05) is 0 Å². The molecular weight excluding hydrogens is 267 g/mol. The highest BCUT2D eigenvalue weighted by molar-refractivity contribution is 6.62. The third-order valence-electron chi connectivity index (χ3n) is 2.92. The summed E-state index contributed by atoms with van der Waals surface area (Å²) in [5.41, 5.74) is -0.964. The summed E-state index contributed by atoms with van der Waals surface area (Å²) in [6.07, 6.45) is 0. The lowest BCUT2D eigenvalue weighted by atomic mass is 9.77. The fourth-order valence-corrected chi connectivity index (χ4v) is 1.98. The highest BCUT2D eigenvalue weighted by Gasteiger charge is 2.41. The number of rotatable bonds is 3. The molecule has 1 heterocycles. The molecule has 4 nitrogen and oxygen atoms in total. The van der Waals surface area contributed by atoms with Crippen LogP contribution in [0.2, 0.25) is 0 Å². The zero-order chi connectivity index (χ0) is 14.9. The molecule has 7 heteroatoms. The van der Waals surface area contributed by atoms with Gasteiger partial charge >= 0.3 is 7.12 Å². The van der Waals surface area contributed by atoms with E-state index in [0.29, 0.717) is 6.54 Å². The molecule has 0 spiro atoms. The first-order valence-electron chi connectivity index (χ1n) is 6.40. The maximum atomic E-state index is 14.0. The summed E-state index contributed by atoms with van der Waals surface area (Å²) in [4.78, 5) is 11.6. The minimum atomic E-state index is -1.09. The number of carbonyl (C=O) groups is 1. The Kier molecular flexibility index (Phi) is 4.10. The SMILES string of the molecule is CCNC(=O)c1cc(F)c(B2OCC(C)(C)O2)c(F)c1. The second kappa shape index (κ2) is 5.50. The van der Waals surface area contributed by atoms with Crippen LogP contribution in [0.1, 0.15) is 31.1 Å². The summed E-state index contributed by atoms with van der Waals surface area (Å²) in [6, 6.07) is 1.98. The molecule has 1 aliphatic rings. The van der Waals surface area contributed by atoms with Crippen molar-refractivity contribution in [2.45, 2.75) is 26.4 Å². The normalized spacial score (nSPS) is 17.4. The third kappa shape index (κ3) is 2.99. The van der Waals surface area contributed by atoms with E-state index in [4.69, 9.17) is 9.31 Å². The van der Waals surface area contributed by atoms with E-state index in [1.807, 2.05) is 0 Å². The molecular formula is C13H16BF2NO3. The molecule has 0 unspecified atom stereocenters. The van der Waals surface area contributed by atoms with E-state index in [0.717, 1.165) is 12.1 Å². The first-order valence-corrected chi connectivity index (χ1v) is 6.40. The lowest BCUT2D eigenvalue weighted by Gasteiger charge is -2.16. The van der Waals surface area contributed by atoms with Crippen LogP contribution in [0.5, 0.6) is 0 Å². The molecule has 108 valence electrons. The van der Waals surface area contributed by atoms with Crippen LogP contribution in [0.4, 0.5) is 8.78 Å². The average molecular weight is 283 g/mol. The third-order valence-corrected chi connectivity index (χ3v) is 2.92. The van der Waals surface area contributed by atoms with E-state index in [1.54, 1.807) is 20.8 Å². The summed E-state index contributed by atoms with van der Waals surface area (Å²) in [6.45, 7) is 5.89. The molecule has 0 aliphatic carbocycles. The molecule has 0 saturated carbocycles. The summed E-state index contributed by atoms with van der Waals surface area (Å²) in [5.74, 6) is -2.23. The lowest BCUT2D eigenvalue weighted by molar-refractivity contribution is 0.0954. The monoisotopic (exact) mass is 283 g/mol. The van der Waals surface area contributed by atoms with Gasteiger partial charge in [-0.15, -0.1) is 0 Å². The predicted octanol–water partition coefficient (Wildman–Crippen LogP) is 1.24. The van der Waals surface area contributed by atoms with Crippen LogP contribution in [0.15, 0.2) is 12.1 Å². The van der Waals surface area contributed by atoms with Crippen molar-refractivity contribution in [2.24, 2.45) is 0 Å². The number of halogens is 2. The molecule has 1 aliphatic heterocycles. The maximum Gasteiger partial charge on any atom is 0.500 e. The van der Waals surface area contributed by atoms with Gasteiger partial charge in [0, 0.05) is 12.1 Å². The largest absolute Gasteiger partial charge is 0.500 e. The van der Waals surface area contributed by atoms with Crippen LogP contribution in [0.3, 0.4) is 0 Å². The minimum absolute atomic E-state index is 0.0668. The molecule has 1 saturated heterocycles. The second-order valence-corrected chi connectivity index (χ2v) is 5.23. The number of hydrogen-bond donors (Lipinski definition) is 1. The van der Waals surface area contributed by atoms with Gasteiger partial charge in [0.05, 0.1) is 17.7 Å². The molecule has 2 rings (SSSR count). The Hall–Kier alpha value is -1.47. The quantitative estimate of drug-likeness (QED) is 0.849. The van der Waals surface area contributed by atoms with E-state index in [2.05, 4.69) is 5.32 Å². The molecule has 0 aromatic heterocycles. The van der Waals surface area contributed by atoms with Gasteiger partial charge in [0.25, 0.3) is 5.91 Å². The molecule has 1 N–H and O–H groups in total. The first kappa shape index (κ1) is 14.9. The number of carbonyl (C=O) groups excluding carboxylic acids is 1. The highest BCUT2D eigenvalue weighted by atomic mass is 19.1. The van der Waals surface area contributed by atoms with Crippen molar-refractivity contribution in [1.82, 2.24) is 5.32 Å².